The second-order valence-corrected chi connectivity index (χ2v) is 7.79. The maximum absolute atomic E-state index is 14.6. The predicted molar refractivity (Wildman–Crippen MR) is 105 cm³/mol. The molecule has 0 spiro atoms. The molecule has 1 aliphatic heterocycles. The van der Waals surface area contributed by atoms with Gasteiger partial charge in [-0.1, -0.05) is 12.1 Å². The molecule has 1 saturated heterocycles. The minimum atomic E-state index is -0.519. The number of carbonyl (C=O) groups is 1. The Bertz CT molecular complexity index is 1040. The number of para-hydroxylation sites is 1. The first-order chi connectivity index (χ1) is 14.1. The molecule has 2 aliphatic rings. The molecule has 2 aromatic heterocycles. The zero-order valence-corrected chi connectivity index (χ0v) is 16.0. The summed E-state index contributed by atoms with van der Waals surface area (Å²) in [5.41, 5.74) is 1.47. The number of halogens is 1. The van der Waals surface area contributed by atoms with Gasteiger partial charge in [0.05, 0.1) is 24.0 Å². The summed E-state index contributed by atoms with van der Waals surface area (Å²) in [4.78, 5) is 20.9. The predicted octanol–water partition coefficient (Wildman–Crippen LogP) is 2.82. The first-order valence-electron chi connectivity index (χ1n) is 9.75. The van der Waals surface area contributed by atoms with E-state index in [2.05, 4.69) is 20.5 Å². The van der Waals surface area contributed by atoms with Gasteiger partial charge in [0.15, 0.2) is 5.82 Å². The minimum absolute atomic E-state index is 0.0531. The SMILES string of the molecule is Cc1ccc(NC2CC3CC2N(C(=O)c2cccc(F)c2-n2nccn2)C3)nc1. The van der Waals surface area contributed by atoms with E-state index >= 15 is 0 Å². The Morgan fingerprint density at radius 2 is 2.00 bits per heavy atom. The van der Waals surface area contributed by atoms with Crippen molar-refractivity contribution in [2.24, 2.45) is 5.92 Å². The van der Waals surface area contributed by atoms with Gasteiger partial charge >= 0.3 is 0 Å². The molecular formula is C21H21FN6O. The molecule has 5 rings (SSSR count). The first-order valence-corrected chi connectivity index (χ1v) is 9.75. The van der Waals surface area contributed by atoms with Crippen molar-refractivity contribution in [3.8, 4) is 5.69 Å². The number of anilines is 1. The van der Waals surface area contributed by atoms with Crippen molar-refractivity contribution in [3.63, 3.8) is 0 Å². The lowest BCUT2D eigenvalue weighted by Crippen LogP contribution is -2.48. The number of rotatable bonds is 4. The Morgan fingerprint density at radius 3 is 2.72 bits per heavy atom. The summed E-state index contributed by atoms with van der Waals surface area (Å²) in [5.74, 6) is 0.544. The third-order valence-electron chi connectivity index (χ3n) is 5.82. The zero-order valence-electron chi connectivity index (χ0n) is 16.0. The molecule has 3 heterocycles. The Balaban J connectivity index is 1.41. The number of aryl methyl sites for hydroxylation is 1. The number of carbonyl (C=O) groups excluding carboxylic acids is 1. The molecule has 2 fully saturated rings. The highest BCUT2D eigenvalue weighted by molar-refractivity contribution is 5.98. The van der Waals surface area contributed by atoms with E-state index in [4.69, 9.17) is 0 Å². The van der Waals surface area contributed by atoms with Crippen LogP contribution in [0.2, 0.25) is 0 Å². The first kappa shape index (κ1) is 17.8. The van der Waals surface area contributed by atoms with E-state index in [1.54, 1.807) is 12.1 Å². The Kier molecular flexibility index (Phi) is 4.26. The number of nitrogens with one attached hydrogen (secondary N) is 1. The number of hydrogen-bond donors (Lipinski definition) is 1. The fraction of sp³-hybridized carbons (Fsp3) is 0.333. The fourth-order valence-corrected chi connectivity index (χ4v) is 4.53. The number of hydrogen-bond acceptors (Lipinski definition) is 5. The maximum Gasteiger partial charge on any atom is 0.256 e. The summed E-state index contributed by atoms with van der Waals surface area (Å²) >= 11 is 0. The van der Waals surface area contributed by atoms with Crippen LogP contribution < -0.4 is 5.32 Å². The van der Waals surface area contributed by atoms with E-state index in [0.717, 1.165) is 24.2 Å². The number of aromatic nitrogens is 4. The van der Waals surface area contributed by atoms with Crippen LogP contribution in [0.4, 0.5) is 10.2 Å². The topological polar surface area (TPSA) is 75.9 Å². The van der Waals surface area contributed by atoms with Gasteiger partial charge in [-0.3, -0.25) is 4.79 Å². The average molecular weight is 392 g/mol. The molecule has 29 heavy (non-hydrogen) atoms. The van der Waals surface area contributed by atoms with Gasteiger partial charge in [-0.15, -0.1) is 4.80 Å². The second kappa shape index (κ2) is 6.95. The summed E-state index contributed by atoms with van der Waals surface area (Å²) in [6, 6.07) is 8.67. The lowest BCUT2D eigenvalue weighted by Gasteiger charge is -2.34. The van der Waals surface area contributed by atoms with Gasteiger partial charge in [0, 0.05) is 18.8 Å². The van der Waals surface area contributed by atoms with Crippen LogP contribution in [0.5, 0.6) is 0 Å². The smallest absolute Gasteiger partial charge is 0.256 e. The molecule has 148 valence electrons. The maximum atomic E-state index is 14.6. The Labute approximate surface area is 167 Å². The second-order valence-electron chi connectivity index (χ2n) is 7.79. The van der Waals surface area contributed by atoms with Crippen molar-refractivity contribution in [1.82, 2.24) is 24.9 Å². The molecule has 0 radical (unpaired) electrons. The zero-order chi connectivity index (χ0) is 20.0. The van der Waals surface area contributed by atoms with E-state index in [0.29, 0.717) is 12.5 Å². The van der Waals surface area contributed by atoms with Crippen LogP contribution in [-0.4, -0.2) is 49.4 Å². The van der Waals surface area contributed by atoms with E-state index in [1.807, 2.05) is 30.2 Å². The average Bonchev–Trinajstić information content (AvgIpc) is 3.46. The molecule has 3 aromatic rings. The van der Waals surface area contributed by atoms with Crippen LogP contribution in [0, 0.1) is 18.7 Å². The molecule has 1 aliphatic carbocycles. The summed E-state index contributed by atoms with van der Waals surface area (Å²) in [7, 11) is 0. The van der Waals surface area contributed by atoms with Crippen molar-refractivity contribution in [1.29, 1.82) is 0 Å². The highest BCUT2D eigenvalue weighted by Gasteiger charge is 2.47. The van der Waals surface area contributed by atoms with Crippen LogP contribution >= 0.6 is 0 Å². The third kappa shape index (κ3) is 3.14. The molecule has 7 nitrogen and oxygen atoms in total. The number of nitrogens with zero attached hydrogens (tertiary/aromatic N) is 5. The monoisotopic (exact) mass is 392 g/mol. The van der Waals surface area contributed by atoms with E-state index in [-0.39, 0.29) is 29.2 Å². The summed E-state index contributed by atoms with van der Waals surface area (Å²) < 4.78 is 14.6. The lowest BCUT2D eigenvalue weighted by molar-refractivity contribution is 0.0691. The van der Waals surface area contributed by atoms with Crippen LogP contribution in [0.15, 0.2) is 48.9 Å². The van der Waals surface area contributed by atoms with Crippen LogP contribution in [0.25, 0.3) is 5.69 Å². The van der Waals surface area contributed by atoms with Crippen LogP contribution in [0.1, 0.15) is 28.8 Å². The van der Waals surface area contributed by atoms with Gasteiger partial charge in [-0.2, -0.15) is 10.2 Å². The van der Waals surface area contributed by atoms with Crippen molar-refractivity contribution >= 4 is 11.7 Å². The molecular weight excluding hydrogens is 371 g/mol. The van der Waals surface area contributed by atoms with E-state index in [1.165, 1.54) is 23.3 Å². The molecule has 8 heteroatoms. The molecule has 3 atom stereocenters. The van der Waals surface area contributed by atoms with Crippen molar-refractivity contribution in [2.75, 3.05) is 11.9 Å². The molecule has 1 N–H and O–H groups in total. The number of benzene rings is 1. The summed E-state index contributed by atoms with van der Waals surface area (Å²) in [5, 5.41) is 11.5. The van der Waals surface area contributed by atoms with Gasteiger partial charge in [0.25, 0.3) is 5.91 Å². The van der Waals surface area contributed by atoms with Crippen molar-refractivity contribution in [3.05, 3.63) is 65.9 Å². The van der Waals surface area contributed by atoms with E-state index in [9.17, 15) is 9.18 Å². The molecule has 2 bridgehead atoms. The van der Waals surface area contributed by atoms with Crippen LogP contribution in [0.3, 0.4) is 0 Å². The number of piperidine rings is 1. The largest absolute Gasteiger partial charge is 0.365 e. The Morgan fingerprint density at radius 1 is 1.17 bits per heavy atom. The van der Waals surface area contributed by atoms with Gasteiger partial charge in [-0.05, 0) is 49.4 Å². The molecule has 3 unspecified atom stereocenters. The third-order valence-corrected chi connectivity index (χ3v) is 5.82. The number of likely N-dealkylation sites (tertiary alicyclic amines) is 1. The van der Waals surface area contributed by atoms with Gasteiger partial charge in [0.2, 0.25) is 0 Å². The molecule has 1 aromatic carbocycles. The highest BCUT2D eigenvalue weighted by Crippen LogP contribution is 2.40. The number of pyridine rings is 1. The number of amides is 1. The lowest BCUT2D eigenvalue weighted by atomic mass is 10.0. The van der Waals surface area contributed by atoms with Gasteiger partial charge in [-0.25, -0.2) is 9.37 Å². The standard InChI is InChI=1S/C21H21FN6O/c1-13-5-6-19(23-11-13)26-17-9-14-10-18(17)27(12-14)21(29)15-3-2-4-16(22)20(15)28-24-7-8-25-28/h2-8,11,14,17-18H,9-10,12H2,1H3,(H,23,26). The number of fused-ring (bicyclic) bond motifs is 2. The van der Waals surface area contributed by atoms with Gasteiger partial charge < -0.3 is 10.2 Å². The normalized spacial score (nSPS) is 22.8. The minimum Gasteiger partial charge on any atom is -0.365 e. The summed E-state index contributed by atoms with van der Waals surface area (Å²) in [6.45, 7) is 2.69. The Hall–Kier alpha value is -3.29. The van der Waals surface area contributed by atoms with Gasteiger partial charge in [0.1, 0.15) is 11.5 Å². The van der Waals surface area contributed by atoms with Crippen LogP contribution in [-0.2, 0) is 0 Å². The molecule has 1 amide bonds. The summed E-state index contributed by atoms with van der Waals surface area (Å²) in [6.07, 6.45) is 6.70. The highest BCUT2D eigenvalue weighted by atomic mass is 19.1. The fourth-order valence-electron chi connectivity index (χ4n) is 4.53. The van der Waals surface area contributed by atoms with Crippen molar-refractivity contribution in [2.45, 2.75) is 31.8 Å². The molecule has 1 saturated carbocycles. The van der Waals surface area contributed by atoms with Crippen molar-refractivity contribution < 1.29 is 9.18 Å². The quantitative estimate of drug-likeness (QED) is 0.739. The van der Waals surface area contributed by atoms with E-state index < -0.39 is 5.82 Å².